The van der Waals surface area contributed by atoms with Gasteiger partial charge in [0.25, 0.3) is 6.43 Å². The van der Waals surface area contributed by atoms with Crippen molar-refractivity contribution in [3.63, 3.8) is 0 Å². The second-order valence-corrected chi connectivity index (χ2v) is 6.74. The zero-order chi connectivity index (χ0) is 20.2. The van der Waals surface area contributed by atoms with Gasteiger partial charge in [0, 0.05) is 0 Å². The SMILES string of the molecule is C/C=C/C1CCC(C(OCc2cc(F)c(C(F)(F)F)c(F)c2)C(F)F)CC1. The minimum Gasteiger partial charge on any atom is -0.367 e. The van der Waals surface area contributed by atoms with Crippen molar-refractivity contribution in [2.24, 2.45) is 11.8 Å². The van der Waals surface area contributed by atoms with Crippen molar-refractivity contribution < 1.29 is 35.5 Å². The lowest BCUT2D eigenvalue weighted by atomic mass is 9.79. The Morgan fingerprint density at radius 2 is 1.63 bits per heavy atom. The Balaban J connectivity index is 2.04. The van der Waals surface area contributed by atoms with Crippen molar-refractivity contribution in [1.82, 2.24) is 0 Å². The second kappa shape index (κ2) is 9.08. The molecule has 0 aromatic heterocycles. The van der Waals surface area contributed by atoms with Gasteiger partial charge in [-0.25, -0.2) is 17.6 Å². The van der Waals surface area contributed by atoms with Crippen molar-refractivity contribution in [3.8, 4) is 0 Å². The number of halogens is 7. The van der Waals surface area contributed by atoms with Crippen LogP contribution in [0.5, 0.6) is 0 Å². The van der Waals surface area contributed by atoms with Crippen LogP contribution in [0.2, 0.25) is 0 Å². The first-order chi connectivity index (χ1) is 12.6. The van der Waals surface area contributed by atoms with Crippen LogP contribution in [0.15, 0.2) is 24.3 Å². The Kier molecular flexibility index (Phi) is 7.31. The third kappa shape index (κ3) is 5.70. The Hall–Kier alpha value is -1.57. The Labute approximate surface area is 153 Å². The summed E-state index contributed by atoms with van der Waals surface area (Å²) in [5, 5.41) is 0. The molecule has 0 saturated heterocycles. The topological polar surface area (TPSA) is 9.23 Å². The number of alkyl halides is 5. The molecule has 1 unspecified atom stereocenters. The molecule has 0 N–H and O–H groups in total. The molecule has 0 bridgehead atoms. The number of benzene rings is 1. The number of ether oxygens (including phenoxy) is 1. The third-order valence-electron chi connectivity index (χ3n) is 4.82. The molecule has 1 aromatic carbocycles. The molecule has 2 rings (SSSR count). The van der Waals surface area contributed by atoms with Crippen LogP contribution >= 0.6 is 0 Å². The zero-order valence-corrected chi connectivity index (χ0v) is 14.7. The molecular formula is C19H21F7O. The smallest absolute Gasteiger partial charge is 0.367 e. The molecule has 1 fully saturated rings. The summed E-state index contributed by atoms with van der Waals surface area (Å²) in [5.74, 6) is -3.65. The molecule has 0 amide bonds. The van der Waals surface area contributed by atoms with Gasteiger partial charge in [-0.1, -0.05) is 12.2 Å². The van der Waals surface area contributed by atoms with E-state index in [1.807, 2.05) is 19.1 Å². The maximum absolute atomic E-state index is 13.6. The average molecular weight is 398 g/mol. The van der Waals surface area contributed by atoms with Crippen LogP contribution in [0.3, 0.4) is 0 Å². The van der Waals surface area contributed by atoms with Crippen LogP contribution in [0.25, 0.3) is 0 Å². The number of allylic oxidation sites excluding steroid dienone is 2. The highest BCUT2D eigenvalue weighted by Crippen LogP contribution is 2.36. The van der Waals surface area contributed by atoms with E-state index in [0.717, 1.165) is 12.8 Å². The van der Waals surface area contributed by atoms with Gasteiger partial charge in [0.1, 0.15) is 23.3 Å². The lowest BCUT2D eigenvalue weighted by Gasteiger charge is -2.32. The van der Waals surface area contributed by atoms with Crippen molar-refractivity contribution in [3.05, 3.63) is 47.0 Å². The van der Waals surface area contributed by atoms with Crippen LogP contribution in [0, 0.1) is 23.5 Å². The Morgan fingerprint density at radius 3 is 2.07 bits per heavy atom. The predicted octanol–water partition coefficient (Wildman–Crippen LogP) is 6.52. The predicted molar refractivity (Wildman–Crippen MR) is 86.2 cm³/mol. The molecule has 0 radical (unpaired) electrons. The van der Waals surface area contributed by atoms with Crippen LogP contribution in [-0.2, 0) is 17.5 Å². The molecule has 152 valence electrons. The zero-order valence-electron chi connectivity index (χ0n) is 14.7. The molecule has 1 aliphatic rings. The highest BCUT2D eigenvalue weighted by atomic mass is 19.4. The van der Waals surface area contributed by atoms with Gasteiger partial charge >= 0.3 is 6.18 Å². The lowest BCUT2D eigenvalue weighted by Crippen LogP contribution is -2.33. The van der Waals surface area contributed by atoms with Crippen LogP contribution in [0.4, 0.5) is 30.7 Å². The van der Waals surface area contributed by atoms with Gasteiger partial charge in [-0.3, -0.25) is 0 Å². The highest BCUT2D eigenvalue weighted by Gasteiger charge is 2.38. The van der Waals surface area contributed by atoms with Crippen LogP contribution in [0.1, 0.15) is 43.7 Å². The van der Waals surface area contributed by atoms with Crippen LogP contribution < -0.4 is 0 Å². The first kappa shape index (κ1) is 21.7. The average Bonchev–Trinajstić information content (AvgIpc) is 2.54. The maximum atomic E-state index is 13.6. The van der Waals surface area contributed by atoms with Crippen molar-refractivity contribution in [2.75, 3.05) is 0 Å². The normalized spacial score (nSPS) is 22.6. The van der Waals surface area contributed by atoms with Gasteiger partial charge in [-0.15, -0.1) is 0 Å². The van der Waals surface area contributed by atoms with Gasteiger partial charge in [0.15, 0.2) is 0 Å². The summed E-state index contributed by atoms with van der Waals surface area (Å²) in [4.78, 5) is 0. The summed E-state index contributed by atoms with van der Waals surface area (Å²) in [7, 11) is 0. The minimum atomic E-state index is -5.18. The molecule has 8 heteroatoms. The van der Waals surface area contributed by atoms with Gasteiger partial charge in [0.05, 0.1) is 6.61 Å². The maximum Gasteiger partial charge on any atom is 0.422 e. The van der Waals surface area contributed by atoms with Gasteiger partial charge < -0.3 is 4.74 Å². The van der Waals surface area contributed by atoms with Gasteiger partial charge in [-0.05, 0) is 62.1 Å². The molecule has 1 saturated carbocycles. The van der Waals surface area contributed by atoms with E-state index in [-0.39, 0.29) is 5.56 Å². The fourth-order valence-electron chi connectivity index (χ4n) is 3.52. The second-order valence-electron chi connectivity index (χ2n) is 6.74. The summed E-state index contributed by atoms with van der Waals surface area (Å²) < 4.78 is 96.8. The van der Waals surface area contributed by atoms with Crippen LogP contribution in [-0.4, -0.2) is 12.5 Å². The molecular weight excluding hydrogens is 377 g/mol. The standard InChI is InChI=1S/C19H21F7O/c1-2-3-11-4-6-13(7-5-11)17(18(22)23)27-10-12-8-14(20)16(15(21)9-12)19(24,25)26/h2-3,8-9,11,13,17-18H,4-7,10H2,1H3/b3-2+. The summed E-state index contributed by atoms with van der Waals surface area (Å²) in [6.07, 6.45) is -2.91. The number of rotatable bonds is 6. The largest absolute Gasteiger partial charge is 0.422 e. The van der Waals surface area contributed by atoms with Gasteiger partial charge in [-0.2, -0.15) is 13.2 Å². The fourth-order valence-corrected chi connectivity index (χ4v) is 3.52. The first-order valence-corrected chi connectivity index (χ1v) is 8.71. The van der Waals surface area contributed by atoms with E-state index < -0.39 is 48.4 Å². The summed E-state index contributed by atoms with van der Waals surface area (Å²) in [6.45, 7) is 1.30. The molecule has 0 heterocycles. The third-order valence-corrected chi connectivity index (χ3v) is 4.82. The minimum absolute atomic E-state index is 0.258. The van der Waals surface area contributed by atoms with Gasteiger partial charge in [0.2, 0.25) is 0 Å². The van der Waals surface area contributed by atoms with E-state index in [4.69, 9.17) is 4.74 Å². The van der Waals surface area contributed by atoms with E-state index in [1.165, 1.54) is 0 Å². The fraction of sp³-hybridized carbons (Fsp3) is 0.579. The number of hydrogen-bond donors (Lipinski definition) is 0. The monoisotopic (exact) mass is 398 g/mol. The molecule has 1 atom stereocenters. The van der Waals surface area contributed by atoms with E-state index in [1.54, 1.807) is 0 Å². The Morgan fingerprint density at radius 1 is 1.07 bits per heavy atom. The van der Waals surface area contributed by atoms with Crippen molar-refractivity contribution >= 4 is 0 Å². The first-order valence-electron chi connectivity index (χ1n) is 8.71. The summed E-state index contributed by atoms with van der Waals surface area (Å²) >= 11 is 0. The van der Waals surface area contributed by atoms with E-state index in [9.17, 15) is 30.7 Å². The summed E-state index contributed by atoms with van der Waals surface area (Å²) in [5.41, 5.74) is -2.26. The molecule has 0 spiro atoms. The highest BCUT2D eigenvalue weighted by molar-refractivity contribution is 5.28. The molecule has 1 aromatic rings. The quantitative estimate of drug-likeness (QED) is 0.392. The number of hydrogen-bond acceptors (Lipinski definition) is 1. The molecule has 1 nitrogen and oxygen atoms in total. The van der Waals surface area contributed by atoms with Crippen molar-refractivity contribution in [2.45, 2.75) is 57.9 Å². The molecule has 1 aliphatic carbocycles. The van der Waals surface area contributed by atoms with E-state index >= 15 is 0 Å². The molecule has 27 heavy (non-hydrogen) atoms. The Bertz CT molecular complexity index is 623. The van der Waals surface area contributed by atoms with E-state index in [0.29, 0.717) is 30.9 Å². The van der Waals surface area contributed by atoms with E-state index in [2.05, 4.69) is 0 Å². The summed E-state index contributed by atoms with van der Waals surface area (Å²) in [6, 6.07) is 0.939. The van der Waals surface area contributed by atoms with Crippen molar-refractivity contribution in [1.29, 1.82) is 0 Å². The lowest BCUT2D eigenvalue weighted by molar-refractivity contribution is -0.142. The molecule has 0 aliphatic heterocycles.